The molecule has 0 bridgehead atoms. The lowest BCUT2D eigenvalue weighted by Crippen LogP contribution is -2.17. The number of rotatable bonds is 4. The molecule has 0 atom stereocenters. The van der Waals surface area contributed by atoms with E-state index in [-0.39, 0.29) is 49.4 Å². The molecule has 1 aliphatic rings. The van der Waals surface area contributed by atoms with Gasteiger partial charge in [-0.25, -0.2) is 9.59 Å². The molecule has 7 nitrogen and oxygen atoms in total. The quantitative estimate of drug-likeness (QED) is 0.764. The molecule has 0 saturated heterocycles. The summed E-state index contributed by atoms with van der Waals surface area (Å²) in [4.78, 5) is 23.4. The van der Waals surface area contributed by atoms with Crippen molar-refractivity contribution in [1.82, 2.24) is 0 Å². The van der Waals surface area contributed by atoms with Crippen molar-refractivity contribution in [3.8, 4) is 11.5 Å². The number of fused-ring (bicyclic) bond motifs is 1. The lowest BCUT2D eigenvalue weighted by atomic mass is 10.3. The molecule has 1 aliphatic heterocycles. The summed E-state index contributed by atoms with van der Waals surface area (Å²) in [5, 5.41) is 0. The van der Waals surface area contributed by atoms with Crippen LogP contribution in [0.25, 0.3) is 0 Å². The normalized spacial score (nSPS) is 12.9. The van der Waals surface area contributed by atoms with Crippen LogP contribution >= 0.6 is 0 Å². The number of carbonyl (C=O) groups is 2. The van der Waals surface area contributed by atoms with Gasteiger partial charge in [0.1, 0.15) is 13.2 Å². The molecule has 1 aromatic heterocycles. The second-order valence-electron chi connectivity index (χ2n) is 3.56. The molecule has 0 amide bonds. The Morgan fingerprint density at radius 3 is 1.74 bits per heavy atom. The average Bonchev–Trinajstić information content (AvgIpc) is 2.79. The predicted octanol–water partition coefficient (Wildman–Crippen LogP) is 1.40. The summed E-state index contributed by atoms with van der Waals surface area (Å²) in [5.74, 6) is -1.60. The molecule has 19 heavy (non-hydrogen) atoms. The van der Waals surface area contributed by atoms with Crippen LogP contribution in [0.15, 0.2) is 4.42 Å². The summed E-state index contributed by atoms with van der Waals surface area (Å²) < 4.78 is 25.5. The maximum Gasteiger partial charge on any atom is 0.378 e. The molecule has 0 aliphatic carbocycles. The first-order chi connectivity index (χ1) is 9.19. The van der Waals surface area contributed by atoms with Gasteiger partial charge in [0.15, 0.2) is 0 Å². The van der Waals surface area contributed by atoms with Crippen LogP contribution in [0.2, 0.25) is 0 Å². The van der Waals surface area contributed by atoms with Gasteiger partial charge in [-0.05, 0) is 13.8 Å². The molecule has 104 valence electrons. The molecule has 0 N–H and O–H groups in total. The molecule has 0 fully saturated rings. The SMILES string of the molecule is CCOC(=O)c1oc(C(=O)OCC)c2c1OCCO2. The van der Waals surface area contributed by atoms with Crippen molar-refractivity contribution in [2.75, 3.05) is 26.4 Å². The molecular formula is C12H14O7. The zero-order chi connectivity index (χ0) is 13.8. The van der Waals surface area contributed by atoms with Gasteiger partial charge in [0, 0.05) is 0 Å². The van der Waals surface area contributed by atoms with E-state index in [2.05, 4.69) is 0 Å². The fraction of sp³-hybridized carbons (Fsp3) is 0.500. The van der Waals surface area contributed by atoms with Gasteiger partial charge in [-0.2, -0.15) is 0 Å². The van der Waals surface area contributed by atoms with E-state index >= 15 is 0 Å². The van der Waals surface area contributed by atoms with E-state index in [9.17, 15) is 9.59 Å². The lowest BCUT2D eigenvalue weighted by Gasteiger charge is -2.14. The van der Waals surface area contributed by atoms with Crippen LogP contribution in [0.3, 0.4) is 0 Å². The number of esters is 2. The molecule has 0 saturated carbocycles. The molecule has 0 aromatic carbocycles. The van der Waals surface area contributed by atoms with Crippen molar-refractivity contribution in [3.63, 3.8) is 0 Å². The number of carbonyl (C=O) groups excluding carboxylic acids is 2. The van der Waals surface area contributed by atoms with Crippen molar-refractivity contribution in [1.29, 1.82) is 0 Å². The summed E-state index contributed by atoms with van der Waals surface area (Å²) in [6.07, 6.45) is 0. The van der Waals surface area contributed by atoms with Crippen LogP contribution in [0, 0.1) is 0 Å². The standard InChI is InChI=1S/C12H14O7/c1-3-15-11(13)9-7-8(18-6-5-17-7)10(19-9)12(14)16-4-2/h3-6H2,1-2H3. The summed E-state index contributed by atoms with van der Waals surface area (Å²) in [7, 11) is 0. The van der Waals surface area contributed by atoms with E-state index in [1.807, 2.05) is 0 Å². The minimum atomic E-state index is -0.709. The molecule has 0 radical (unpaired) electrons. The van der Waals surface area contributed by atoms with E-state index in [4.69, 9.17) is 23.4 Å². The molecule has 7 heteroatoms. The van der Waals surface area contributed by atoms with E-state index in [0.717, 1.165) is 0 Å². The van der Waals surface area contributed by atoms with E-state index in [1.165, 1.54) is 0 Å². The highest BCUT2D eigenvalue weighted by Crippen LogP contribution is 2.40. The van der Waals surface area contributed by atoms with Gasteiger partial charge in [-0.1, -0.05) is 0 Å². The average molecular weight is 270 g/mol. The highest BCUT2D eigenvalue weighted by Gasteiger charge is 2.34. The molecular weight excluding hydrogens is 256 g/mol. The second-order valence-corrected chi connectivity index (χ2v) is 3.56. The molecule has 2 rings (SSSR count). The van der Waals surface area contributed by atoms with E-state index in [1.54, 1.807) is 13.8 Å². The Morgan fingerprint density at radius 1 is 0.947 bits per heavy atom. The van der Waals surface area contributed by atoms with E-state index < -0.39 is 11.9 Å². The van der Waals surface area contributed by atoms with Gasteiger partial charge in [0.2, 0.25) is 11.5 Å². The lowest BCUT2D eigenvalue weighted by molar-refractivity contribution is 0.0453. The molecule has 2 heterocycles. The van der Waals surface area contributed by atoms with Crippen molar-refractivity contribution >= 4 is 11.9 Å². The van der Waals surface area contributed by atoms with Crippen LogP contribution in [0.1, 0.15) is 35.0 Å². The zero-order valence-electron chi connectivity index (χ0n) is 10.7. The first-order valence-electron chi connectivity index (χ1n) is 5.95. The summed E-state index contributed by atoms with van der Waals surface area (Å²) >= 11 is 0. The summed E-state index contributed by atoms with van der Waals surface area (Å²) in [6, 6.07) is 0. The maximum atomic E-state index is 11.7. The second kappa shape index (κ2) is 5.64. The Hall–Kier alpha value is -2.18. The van der Waals surface area contributed by atoms with Gasteiger partial charge < -0.3 is 23.4 Å². The largest absolute Gasteiger partial charge is 0.482 e. The minimum Gasteiger partial charge on any atom is -0.482 e. The number of ether oxygens (including phenoxy) is 4. The van der Waals surface area contributed by atoms with Gasteiger partial charge >= 0.3 is 11.9 Å². The number of hydrogen-bond donors (Lipinski definition) is 0. The van der Waals surface area contributed by atoms with Crippen molar-refractivity contribution < 1.29 is 33.0 Å². The van der Waals surface area contributed by atoms with Crippen LogP contribution in [-0.2, 0) is 9.47 Å². The van der Waals surface area contributed by atoms with Crippen molar-refractivity contribution in [2.45, 2.75) is 13.8 Å². The van der Waals surface area contributed by atoms with Crippen LogP contribution in [0.5, 0.6) is 11.5 Å². The first kappa shape index (κ1) is 13.3. The summed E-state index contributed by atoms with van der Waals surface area (Å²) in [5.41, 5.74) is 0. The number of hydrogen-bond acceptors (Lipinski definition) is 7. The topological polar surface area (TPSA) is 84.2 Å². The Labute approximate surface area is 109 Å². The fourth-order valence-electron chi connectivity index (χ4n) is 1.61. The third-order valence-corrected chi connectivity index (χ3v) is 2.32. The number of furan rings is 1. The zero-order valence-corrected chi connectivity index (χ0v) is 10.7. The molecule has 0 spiro atoms. The fourth-order valence-corrected chi connectivity index (χ4v) is 1.61. The van der Waals surface area contributed by atoms with Crippen molar-refractivity contribution in [3.05, 3.63) is 11.5 Å². The summed E-state index contributed by atoms with van der Waals surface area (Å²) in [6.45, 7) is 4.23. The predicted molar refractivity (Wildman–Crippen MR) is 61.6 cm³/mol. The molecule has 1 aromatic rings. The Morgan fingerprint density at radius 2 is 1.37 bits per heavy atom. The van der Waals surface area contributed by atoms with Crippen LogP contribution in [0.4, 0.5) is 0 Å². The molecule has 0 unspecified atom stereocenters. The maximum absolute atomic E-state index is 11.7. The van der Waals surface area contributed by atoms with Gasteiger partial charge in [-0.3, -0.25) is 0 Å². The monoisotopic (exact) mass is 270 g/mol. The van der Waals surface area contributed by atoms with Crippen molar-refractivity contribution in [2.24, 2.45) is 0 Å². The Kier molecular flexibility index (Phi) is 3.94. The highest BCUT2D eigenvalue weighted by atomic mass is 16.6. The Balaban J connectivity index is 2.39. The minimum absolute atomic E-state index is 0.0905. The Bertz CT molecular complexity index is 446. The third-order valence-electron chi connectivity index (χ3n) is 2.32. The van der Waals surface area contributed by atoms with Crippen LogP contribution in [-0.4, -0.2) is 38.4 Å². The van der Waals surface area contributed by atoms with E-state index in [0.29, 0.717) is 0 Å². The van der Waals surface area contributed by atoms with Gasteiger partial charge in [0.25, 0.3) is 11.5 Å². The smallest absolute Gasteiger partial charge is 0.378 e. The van der Waals surface area contributed by atoms with Crippen LogP contribution < -0.4 is 9.47 Å². The van der Waals surface area contributed by atoms with Gasteiger partial charge in [0.05, 0.1) is 13.2 Å². The third kappa shape index (κ3) is 2.49. The highest BCUT2D eigenvalue weighted by molar-refractivity contribution is 5.97. The first-order valence-corrected chi connectivity index (χ1v) is 5.95. The van der Waals surface area contributed by atoms with Gasteiger partial charge in [-0.15, -0.1) is 0 Å².